The lowest BCUT2D eigenvalue weighted by Gasteiger charge is -2.37. The Labute approximate surface area is 100 Å². The van der Waals surface area contributed by atoms with Crippen molar-refractivity contribution in [3.63, 3.8) is 0 Å². The fourth-order valence-corrected chi connectivity index (χ4v) is 2.24. The first kappa shape index (κ1) is 12.1. The second-order valence-electron chi connectivity index (χ2n) is 4.34. The third kappa shape index (κ3) is 2.48. The molecule has 0 aliphatic carbocycles. The van der Waals surface area contributed by atoms with Crippen molar-refractivity contribution in [2.45, 2.75) is 25.6 Å². The van der Waals surface area contributed by atoms with Gasteiger partial charge in [-0.3, -0.25) is 14.4 Å². The fraction of sp³-hybridized carbons (Fsp3) is 0.636. The molecule has 2 rings (SSSR count). The van der Waals surface area contributed by atoms with Crippen LogP contribution in [0.4, 0.5) is 0 Å². The number of amides is 1. The average Bonchev–Trinajstić information content (AvgIpc) is 2.64. The molecule has 2 atom stereocenters. The monoisotopic (exact) mass is 238 g/mol. The molecule has 2 heterocycles. The summed E-state index contributed by atoms with van der Waals surface area (Å²) < 4.78 is 7.27. The summed E-state index contributed by atoms with van der Waals surface area (Å²) in [6, 6.07) is 1.58. The Hall–Kier alpha value is -1.40. The van der Waals surface area contributed by atoms with E-state index in [1.807, 2.05) is 24.9 Å². The third-order valence-corrected chi connectivity index (χ3v) is 3.18. The Balaban J connectivity index is 2.12. The highest BCUT2D eigenvalue weighted by molar-refractivity contribution is 5.80. The molecule has 2 N–H and O–H groups in total. The molecule has 1 saturated heterocycles. The number of morpholine rings is 1. The van der Waals surface area contributed by atoms with E-state index in [4.69, 9.17) is 10.5 Å². The number of hydrogen-bond donors (Lipinski definition) is 1. The van der Waals surface area contributed by atoms with E-state index in [1.54, 1.807) is 10.9 Å². The van der Waals surface area contributed by atoms with Crippen molar-refractivity contribution in [1.82, 2.24) is 14.7 Å². The van der Waals surface area contributed by atoms with E-state index >= 15 is 0 Å². The minimum absolute atomic E-state index is 0.158. The number of carbonyl (C=O) groups excluding carboxylic acids is 1. The Bertz CT molecular complexity index is 404. The van der Waals surface area contributed by atoms with E-state index in [0.29, 0.717) is 19.7 Å². The molecule has 0 aromatic carbocycles. The molecule has 1 amide bonds. The van der Waals surface area contributed by atoms with Crippen LogP contribution >= 0.6 is 0 Å². The Morgan fingerprint density at radius 3 is 3.06 bits per heavy atom. The number of hydrogen-bond acceptors (Lipinski definition) is 4. The van der Waals surface area contributed by atoms with Gasteiger partial charge in [0.1, 0.15) is 6.04 Å². The predicted octanol–water partition coefficient (Wildman–Crippen LogP) is -0.505. The van der Waals surface area contributed by atoms with Gasteiger partial charge in [-0.05, 0) is 13.0 Å². The Kier molecular flexibility index (Phi) is 3.44. The zero-order chi connectivity index (χ0) is 12.4. The summed E-state index contributed by atoms with van der Waals surface area (Å²) in [4.78, 5) is 13.5. The standard InChI is InChI=1S/C11H18N4O2/c1-8-10(11(12)16)15(5-6-17-8)7-9-3-4-13-14(9)2/h3-4,8,10H,5-7H2,1-2H3,(H2,12,16)/t8-,10+/m1/s1. The lowest BCUT2D eigenvalue weighted by molar-refractivity contribution is -0.136. The molecular weight excluding hydrogens is 220 g/mol. The molecule has 0 bridgehead atoms. The molecule has 0 unspecified atom stereocenters. The largest absolute Gasteiger partial charge is 0.375 e. The van der Waals surface area contributed by atoms with Gasteiger partial charge in [0, 0.05) is 26.3 Å². The summed E-state index contributed by atoms with van der Waals surface area (Å²) >= 11 is 0. The summed E-state index contributed by atoms with van der Waals surface area (Å²) in [5, 5.41) is 4.11. The van der Waals surface area contributed by atoms with E-state index in [9.17, 15) is 4.79 Å². The average molecular weight is 238 g/mol. The van der Waals surface area contributed by atoms with Crippen LogP contribution in [0, 0.1) is 0 Å². The summed E-state index contributed by atoms with van der Waals surface area (Å²) in [5.74, 6) is -0.334. The van der Waals surface area contributed by atoms with Gasteiger partial charge < -0.3 is 10.5 Å². The molecule has 1 aliphatic rings. The molecule has 1 aliphatic heterocycles. The number of carbonyl (C=O) groups is 1. The van der Waals surface area contributed by atoms with E-state index in [-0.39, 0.29) is 18.1 Å². The summed E-state index contributed by atoms with van der Waals surface area (Å²) in [6.45, 7) is 3.88. The fourth-order valence-electron chi connectivity index (χ4n) is 2.24. The number of nitrogens with two attached hydrogens (primary N) is 1. The van der Waals surface area contributed by atoms with Crippen LogP contribution in [0.25, 0.3) is 0 Å². The summed E-state index contributed by atoms with van der Waals surface area (Å²) in [7, 11) is 1.89. The highest BCUT2D eigenvalue weighted by atomic mass is 16.5. The molecule has 6 heteroatoms. The first-order valence-corrected chi connectivity index (χ1v) is 5.71. The molecule has 1 aromatic rings. The maximum absolute atomic E-state index is 11.5. The van der Waals surface area contributed by atoms with Crippen LogP contribution in [-0.2, 0) is 23.1 Å². The lowest BCUT2D eigenvalue weighted by atomic mass is 10.1. The maximum Gasteiger partial charge on any atom is 0.237 e. The van der Waals surface area contributed by atoms with Crippen molar-refractivity contribution >= 4 is 5.91 Å². The molecular formula is C11H18N4O2. The minimum atomic E-state index is -0.362. The molecule has 1 fully saturated rings. The number of aryl methyl sites for hydroxylation is 1. The van der Waals surface area contributed by atoms with Crippen molar-refractivity contribution < 1.29 is 9.53 Å². The second kappa shape index (κ2) is 4.85. The number of aromatic nitrogens is 2. The van der Waals surface area contributed by atoms with Gasteiger partial charge in [-0.2, -0.15) is 5.10 Å². The van der Waals surface area contributed by atoms with Crippen LogP contribution in [0.2, 0.25) is 0 Å². The Morgan fingerprint density at radius 1 is 1.71 bits per heavy atom. The van der Waals surface area contributed by atoms with E-state index in [2.05, 4.69) is 5.10 Å². The number of ether oxygens (including phenoxy) is 1. The second-order valence-corrected chi connectivity index (χ2v) is 4.34. The predicted molar refractivity (Wildman–Crippen MR) is 62.0 cm³/mol. The molecule has 0 spiro atoms. The smallest absolute Gasteiger partial charge is 0.237 e. The molecule has 0 saturated carbocycles. The van der Waals surface area contributed by atoms with Crippen molar-refractivity contribution in [2.75, 3.05) is 13.2 Å². The minimum Gasteiger partial charge on any atom is -0.375 e. The van der Waals surface area contributed by atoms with Crippen molar-refractivity contribution in [1.29, 1.82) is 0 Å². The van der Waals surface area contributed by atoms with Crippen LogP contribution in [-0.4, -0.2) is 45.9 Å². The SMILES string of the molecule is C[C@H]1OCCN(Cc2ccnn2C)[C@@H]1C(N)=O. The van der Waals surface area contributed by atoms with Crippen LogP contribution in [0.3, 0.4) is 0 Å². The van der Waals surface area contributed by atoms with E-state index in [1.165, 1.54) is 0 Å². The van der Waals surface area contributed by atoms with Gasteiger partial charge in [-0.15, -0.1) is 0 Å². The van der Waals surface area contributed by atoms with Gasteiger partial charge >= 0.3 is 0 Å². The van der Waals surface area contributed by atoms with Crippen molar-refractivity contribution in [3.05, 3.63) is 18.0 Å². The zero-order valence-electron chi connectivity index (χ0n) is 10.2. The first-order valence-electron chi connectivity index (χ1n) is 5.71. The van der Waals surface area contributed by atoms with Crippen LogP contribution < -0.4 is 5.73 Å². The number of rotatable bonds is 3. The highest BCUT2D eigenvalue weighted by Gasteiger charge is 2.33. The number of primary amides is 1. The summed E-state index contributed by atoms with van der Waals surface area (Å²) in [6.07, 6.45) is 1.59. The van der Waals surface area contributed by atoms with Gasteiger partial charge in [0.15, 0.2) is 0 Å². The van der Waals surface area contributed by atoms with Gasteiger partial charge in [0.2, 0.25) is 5.91 Å². The highest BCUT2D eigenvalue weighted by Crippen LogP contribution is 2.16. The molecule has 1 aromatic heterocycles. The molecule has 0 radical (unpaired) electrons. The van der Waals surface area contributed by atoms with Gasteiger partial charge in [-0.25, -0.2) is 0 Å². The lowest BCUT2D eigenvalue weighted by Crippen LogP contribution is -2.56. The maximum atomic E-state index is 11.5. The van der Waals surface area contributed by atoms with Gasteiger partial charge in [-0.1, -0.05) is 0 Å². The number of nitrogens with zero attached hydrogens (tertiary/aromatic N) is 3. The van der Waals surface area contributed by atoms with Gasteiger partial charge in [0.25, 0.3) is 0 Å². The normalized spacial score (nSPS) is 26.0. The van der Waals surface area contributed by atoms with Crippen LogP contribution in [0.5, 0.6) is 0 Å². The quantitative estimate of drug-likeness (QED) is 0.770. The van der Waals surface area contributed by atoms with E-state index < -0.39 is 0 Å². The van der Waals surface area contributed by atoms with Crippen LogP contribution in [0.1, 0.15) is 12.6 Å². The molecule has 94 valence electrons. The van der Waals surface area contributed by atoms with Crippen LogP contribution in [0.15, 0.2) is 12.3 Å². The van der Waals surface area contributed by atoms with Gasteiger partial charge in [0.05, 0.1) is 18.4 Å². The van der Waals surface area contributed by atoms with Crippen molar-refractivity contribution in [3.8, 4) is 0 Å². The van der Waals surface area contributed by atoms with E-state index in [0.717, 1.165) is 5.69 Å². The summed E-state index contributed by atoms with van der Waals surface area (Å²) in [5.41, 5.74) is 6.49. The Morgan fingerprint density at radius 2 is 2.47 bits per heavy atom. The third-order valence-electron chi connectivity index (χ3n) is 3.18. The molecule has 6 nitrogen and oxygen atoms in total. The zero-order valence-corrected chi connectivity index (χ0v) is 10.2. The van der Waals surface area contributed by atoms with Crippen molar-refractivity contribution in [2.24, 2.45) is 12.8 Å². The topological polar surface area (TPSA) is 73.4 Å². The first-order chi connectivity index (χ1) is 8.09. The molecule has 17 heavy (non-hydrogen) atoms.